The fraction of sp³-hybridized carbons (Fsp3) is 0.188. The molecule has 258 valence electrons. The van der Waals surface area contributed by atoms with Crippen LogP contribution in [-0.4, -0.2) is 90.0 Å². The van der Waals surface area contributed by atoms with Crippen molar-refractivity contribution in [1.29, 1.82) is 0 Å². The fourth-order valence-electron chi connectivity index (χ4n) is 5.51. The van der Waals surface area contributed by atoms with E-state index in [1.165, 1.54) is 17.1 Å². The number of phenolic OH excluding ortho intramolecular Hbond substituents is 2. The molecule has 1 saturated heterocycles. The average Bonchev–Trinajstić information content (AvgIpc) is 3.52. The molecule has 0 aliphatic carbocycles. The Morgan fingerprint density at radius 3 is 2.70 bits per heavy atom. The molecule has 0 bridgehead atoms. The number of carboxylic acids is 2. The van der Waals surface area contributed by atoms with Gasteiger partial charge in [-0.2, -0.15) is 0 Å². The van der Waals surface area contributed by atoms with Crippen LogP contribution in [-0.2, 0) is 24.0 Å². The molecule has 50 heavy (non-hydrogen) atoms. The van der Waals surface area contributed by atoms with Gasteiger partial charge in [-0.3, -0.25) is 14.5 Å². The Morgan fingerprint density at radius 2 is 2.00 bits per heavy atom. The quantitative estimate of drug-likeness (QED) is 0.0725. The number of aromatic nitrogens is 1. The van der Waals surface area contributed by atoms with Crippen LogP contribution in [0.5, 0.6) is 11.5 Å². The zero-order valence-electron chi connectivity index (χ0n) is 25.6. The van der Waals surface area contributed by atoms with Crippen molar-refractivity contribution in [2.75, 3.05) is 29.5 Å². The molecular formula is C32H27FN6O9S2. The van der Waals surface area contributed by atoms with E-state index in [2.05, 4.69) is 20.4 Å². The molecule has 0 spiro atoms. The van der Waals surface area contributed by atoms with Crippen LogP contribution in [0.25, 0.3) is 6.08 Å². The van der Waals surface area contributed by atoms with Gasteiger partial charge in [-0.25, -0.2) is 19.0 Å². The van der Waals surface area contributed by atoms with Gasteiger partial charge in [-0.15, -0.1) is 23.1 Å². The lowest BCUT2D eigenvalue weighted by atomic mass is 10.0. The number of para-hydroxylation sites is 1. The van der Waals surface area contributed by atoms with Crippen LogP contribution in [0.15, 0.2) is 76.4 Å². The number of benzene rings is 2. The van der Waals surface area contributed by atoms with Crippen molar-refractivity contribution in [2.45, 2.75) is 17.5 Å². The molecule has 1 aromatic heterocycles. The highest BCUT2D eigenvalue weighted by Crippen LogP contribution is 2.41. The molecule has 2 aromatic carbocycles. The number of nitrogens with one attached hydrogen (secondary N) is 1. The summed E-state index contributed by atoms with van der Waals surface area (Å²) in [6, 6.07) is 8.05. The standard InChI is InChI=1S/C32H27FN6O9S2/c33-18-11-17(12-21(40)25(18)41)26(31(46)47)48-37-22(19-14-50-32(34)35-19)27(42)36-23-28(43)39-24(30(44)45)16(13-49-29(23)39)7-4-10-38-9-3-6-15-5-1-2-8-20(15)38/h1-8,11-12,14,23,26,29,40-41H,9-10,13H2,(H2,34,35)(H,36,42)(H,44,45)(H,46,47). The van der Waals surface area contributed by atoms with Gasteiger partial charge in [0, 0.05) is 35.5 Å². The molecule has 3 atom stereocenters. The number of thiazole rings is 1. The first kappa shape index (κ1) is 34.0. The van der Waals surface area contributed by atoms with E-state index < -0.39 is 69.9 Å². The van der Waals surface area contributed by atoms with Crippen molar-refractivity contribution in [3.63, 3.8) is 0 Å². The molecule has 7 N–H and O–H groups in total. The molecule has 3 aliphatic rings. The van der Waals surface area contributed by atoms with E-state index in [1.807, 2.05) is 42.5 Å². The Hall–Kier alpha value is -5.88. The number of aromatic hydroxyl groups is 2. The van der Waals surface area contributed by atoms with E-state index >= 15 is 0 Å². The Kier molecular flexibility index (Phi) is 9.47. The number of thioether (sulfide) groups is 1. The highest BCUT2D eigenvalue weighted by molar-refractivity contribution is 8.00. The summed E-state index contributed by atoms with van der Waals surface area (Å²) in [5.74, 6) is -7.91. The number of oxime groups is 1. The second kappa shape index (κ2) is 13.9. The summed E-state index contributed by atoms with van der Waals surface area (Å²) >= 11 is 2.16. The van der Waals surface area contributed by atoms with Crippen LogP contribution < -0.4 is 16.0 Å². The van der Waals surface area contributed by atoms with Crippen LogP contribution in [0.4, 0.5) is 15.2 Å². The van der Waals surface area contributed by atoms with Crippen molar-refractivity contribution in [3.05, 3.63) is 93.9 Å². The molecule has 2 amide bonds. The number of allylic oxidation sites excluding steroid dienone is 1. The summed E-state index contributed by atoms with van der Waals surface area (Å²) in [7, 11) is 0. The molecule has 6 rings (SSSR count). The summed E-state index contributed by atoms with van der Waals surface area (Å²) < 4.78 is 14.0. The Labute approximate surface area is 290 Å². The molecule has 0 radical (unpaired) electrons. The number of hydrogen-bond acceptors (Lipinski definition) is 13. The van der Waals surface area contributed by atoms with E-state index in [9.17, 15) is 44.0 Å². The summed E-state index contributed by atoms with van der Waals surface area (Å²) in [5, 5.41) is 45.8. The van der Waals surface area contributed by atoms with Crippen LogP contribution in [0, 0.1) is 5.82 Å². The Balaban J connectivity index is 1.19. The first-order valence-electron chi connectivity index (χ1n) is 14.7. The molecule has 0 saturated carbocycles. The Bertz CT molecular complexity index is 2010. The van der Waals surface area contributed by atoms with Gasteiger partial charge < -0.3 is 41.2 Å². The molecule has 1 fully saturated rings. The number of nitrogen functional groups attached to an aromatic ring is 1. The molecule has 3 aliphatic heterocycles. The van der Waals surface area contributed by atoms with Crippen molar-refractivity contribution >= 4 is 69.5 Å². The van der Waals surface area contributed by atoms with Crippen molar-refractivity contribution in [2.24, 2.45) is 5.16 Å². The van der Waals surface area contributed by atoms with Gasteiger partial charge in [0.25, 0.3) is 11.8 Å². The Morgan fingerprint density at radius 1 is 1.22 bits per heavy atom. The number of halogens is 1. The van der Waals surface area contributed by atoms with Gasteiger partial charge in [0.15, 0.2) is 28.2 Å². The zero-order valence-corrected chi connectivity index (χ0v) is 27.2. The van der Waals surface area contributed by atoms with E-state index in [4.69, 9.17) is 10.6 Å². The number of β-lactam (4-membered cyclic amide) rings is 1. The maximum absolute atomic E-state index is 14.0. The molecule has 3 aromatic rings. The highest BCUT2D eigenvalue weighted by Gasteiger charge is 2.54. The van der Waals surface area contributed by atoms with Crippen LogP contribution in [0.1, 0.15) is 22.9 Å². The lowest BCUT2D eigenvalue weighted by Gasteiger charge is -2.49. The predicted octanol–water partition coefficient (Wildman–Crippen LogP) is 2.65. The number of nitrogens with two attached hydrogens (primary N) is 1. The highest BCUT2D eigenvalue weighted by atomic mass is 32.2. The SMILES string of the molecule is Nc1nc(C(=NOC(C(=O)O)c2cc(O)c(O)c(F)c2)C(=O)NC2C(=O)N3C(C(=O)O)=C(C=CCN4CC=Cc5ccccc54)CSC23)cs1. The van der Waals surface area contributed by atoms with Crippen molar-refractivity contribution in [1.82, 2.24) is 15.2 Å². The smallest absolute Gasteiger partial charge is 0.352 e. The zero-order chi connectivity index (χ0) is 35.7. The number of anilines is 2. The maximum atomic E-state index is 14.0. The lowest BCUT2D eigenvalue weighted by molar-refractivity contribution is -0.151. The average molecular weight is 723 g/mol. The topological polar surface area (TPSA) is 228 Å². The van der Waals surface area contributed by atoms with E-state index in [-0.39, 0.29) is 22.3 Å². The number of fused-ring (bicyclic) bond motifs is 2. The van der Waals surface area contributed by atoms with E-state index in [1.54, 1.807) is 6.08 Å². The molecule has 18 heteroatoms. The van der Waals surface area contributed by atoms with Gasteiger partial charge in [0.05, 0.1) is 0 Å². The van der Waals surface area contributed by atoms with Crippen LogP contribution in [0.2, 0.25) is 0 Å². The number of carbonyl (C=O) groups is 4. The van der Waals surface area contributed by atoms with Crippen molar-refractivity contribution < 1.29 is 48.8 Å². The summed E-state index contributed by atoms with van der Waals surface area (Å²) in [6.07, 6.45) is 5.53. The first-order valence-corrected chi connectivity index (χ1v) is 16.7. The van der Waals surface area contributed by atoms with Crippen LogP contribution in [0.3, 0.4) is 0 Å². The lowest BCUT2D eigenvalue weighted by Crippen LogP contribution is -2.71. The number of amides is 2. The molecule has 3 unspecified atom stereocenters. The van der Waals surface area contributed by atoms with Gasteiger partial charge in [-0.1, -0.05) is 47.7 Å². The van der Waals surface area contributed by atoms with Gasteiger partial charge in [0.2, 0.25) is 6.10 Å². The largest absolute Gasteiger partial charge is 0.504 e. The summed E-state index contributed by atoms with van der Waals surface area (Å²) in [6.45, 7) is 1.17. The minimum absolute atomic E-state index is 0.0207. The third-order valence-corrected chi connectivity index (χ3v) is 9.83. The van der Waals surface area contributed by atoms with E-state index in [0.717, 1.165) is 33.6 Å². The minimum Gasteiger partial charge on any atom is -0.504 e. The number of rotatable bonds is 11. The number of hydrogen-bond donors (Lipinski definition) is 6. The summed E-state index contributed by atoms with van der Waals surface area (Å²) in [4.78, 5) is 63.5. The second-order valence-corrected chi connectivity index (χ2v) is 13.0. The third kappa shape index (κ3) is 6.57. The van der Waals surface area contributed by atoms with Gasteiger partial charge >= 0.3 is 11.9 Å². The normalized spacial score (nSPS) is 19.1. The minimum atomic E-state index is -2.06. The van der Waals surface area contributed by atoms with Crippen molar-refractivity contribution in [3.8, 4) is 11.5 Å². The number of aliphatic carboxylic acids is 2. The predicted molar refractivity (Wildman–Crippen MR) is 181 cm³/mol. The second-order valence-electron chi connectivity index (χ2n) is 11.0. The number of carboxylic acid groups (broad SMARTS) is 2. The van der Waals surface area contributed by atoms with Gasteiger partial charge in [0.1, 0.15) is 22.8 Å². The molecular weight excluding hydrogens is 696 g/mol. The molecule has 15 nitrogen and oxygen atoms in total. The maximum Gasteiger partial charge on any atom is 0.352 e. The number of nitrogens with zero attached hydrogens (tertiary/aromatic N) is 4. The van der Waals surface area contributed by atoms with Crippen LogP contribution >= 0.6 is 23.1 Å². The fourth-order valence-corrected chi connectivity index (χ4v) is 7.37. The monoisotopic (exact) mass is 722 g/mol. The summed E-state index contributed by atoms with van der Waals surface area (Å²) in [5.41, 5.74) is 6.86. The first-order chi connectivity index (χ1) is 23.9. The van der Waals surface area contributed by atoms with Gasteiger partial charge in [-0.05, 0) is 29.3 Å². The number of phenols is 2. The van der Waals surface area contributed by atoms with E-state index in [0.29, 0.717) is 24.7 Å². The third-order valence-electron chi connectivity index (χ3n) is 7.85. The number of carbonyl (C=O) groups excluding carboxylic acids is 2. The molecule has 4 heterocycles.